The minimum atomic E-state index is -0.546. The second-order valence-electron chi connectivity index (χ2n) is 4.64. The lowest BCUT2D eigenvalue weighted by Crippen LogP contribution is -2.30. The van der Waals surface area contributed by atoms with Crippen LogP contribution in [0.25, 0.3) is 6.08 Å². The maximum Gasteiger partial charge on any atom is 0.329 e. The zero-order valence-electron chi connectivity index (χ0n) is 11.2. The molecule has 1 aromatic carbocycles. The number of urea groups is 1. The van der Waals surface area contributed by atoms with E-state index in [1.54, 1.807) is 24.3 Å². The molecule has 2 aromatic rings. The standard InChI is InChI=1S/C15H10BrFN2O2S/c16-10-5-11(22-8-10)6-13-14(20)19(15(21)18-13)7-9-3-1-2-4-12(9)17/h1-6,8H,7H2,(H,18,21). The Hall–Kier alpha value is -1.99. The predicted molar refractivity (Wildman–Crippen MR) is 85.5 cm³/mol. The Balaban J connectivity index is 1.83. The van der Waals surface area contributed by atoms with Gasteiger partial charge in [0.15, 0.2) is 0 Å². The second kappa shape index (κ2) is 6.02. The van der Waals surface area contributed by atoms with Gasteiger partial charge in [-0.1, -0.05) is 18.2 Å². The zero-order valence-corrected chi connectivity index (χ0v) is 13.6. The van der Waals surface area contributed by atoms with Gasteiger partial charge in [0.25, 0.3) is 5.91 Å². The van der Waals surface area contributed by atoms with Crippen LogP contribution in [-0.4, -0.2) is 16.8 Å². The normalized spacial score (nSPS) is 16.5. The molecule has 0 spiro atoms. The first-order valence-electron chi connectivity index (χ1n) is 6.36. The van der Waals surface area contributed by atoms with Crippen LogP contribution < -0.4 is 5.32 Å². The Morgan fingerprint density at radius 2 is 2.09 bits per heavy atom. The monoisotopic (exact) mass is 380 g/mol. The van der Waals surface area contributed by atoms with Gasteiger partial charge in [-0.05, 0) is 34.1 Å². The zero-order chi connectivity index (χ0) is 15.7. The number of benzene rings is 1. The summed E-state index contributed by atoms with van der Waals surface area (Å²) >= 11 is 4.77. The predicted octanol–water partition coefficient (Wildman–Crippen LogP) is 3.74. The third-order valence-corrected chi connectivity index (χ3v) is 4.76. The number of imide groups is 1. The first-order valence-corrected chi connectivity index (χ1v) is 8.04. The number of hydrogen-bond donors (Lipinski definition) is 1. The lowest BCUT2D eigenvalue weighted by Gasteiger charge is -2.12. The molecule has 1 N–H and O–H groups in total. The second-order valence-corrected chi connectivity index (χ2v) is 6.50. The quantitative estimate of drug-likeness (QED) is 0.651. The van der Waals surface area contributed by atoms with Crippen LogP contribution in [0.4, 0.5) is 9.18 Å². The van der Waals surface area contributed by atoms with Gasteiger partial charge in [-0.15, -0.1) is 11.3 Å². The Morgan fingerprint density at radius 1 is 1.32 bits per heavy atom. The highest BCUT2D eigenvalue weighted by atomic mass is 79.9. The average Bonchev–Trinajstić information content (AvgIpc) is 3.00. The highest BCUT2D eigenvalue weighted by Gasteiger charge is 2.34. The molecule has 1 saturated heterocycles. The van der Waals surface area contributed by atoms with Crippen molar-refractivity contribution in [3.8, 4) is 0 Å². The topological polar surface area (TPSA) is 49.4 Å². The number of halogens is 2. The molecule has 3 amide bonds. The van der Waals surface area contributed by atoms with Crippen molar-refractivity contribution in [2.24, 2.45) is 0 Å². The van der Waals surface area contributed by atoms with Crippen molar-refractivity contribution in [1.29, 1.82) is 0 Å². The summed E-state index contributed by atoms with van der Waals surface area (Å²) in [4.78, 5) is 26.0. The summed E-state index contributed by atoms with van der Waals surface area (Å²) in [6, 6.07) is 7.37. The van der Waals surface area contributed by atoms with Crippen molar-refractivity contribution in [2.45, 2.75) is 6.54 Å². The van der Waals surface area contributed by atoms with Crippen molar-refractivity contribution in [2.75, 3.05) is 0 Å². The Labute approximate surface area is 138 Å². The molecule has 7 heteroatoms. The van der Waals surface area contributed by atoms with Crippen molar-refractivity contribution in [3.05, 3.63) is 62.1 Å². The van der Waals surface area contributed by atoms with E-state index in [1.807, 2.05) is 11.4 Å². The van der Waals surface area contributed by atoms with E-state index in [0.29, 0.717) is 5.56 Å². The number of nitrogens with one attached hydrogen (secondary N) is 1. The summed E-state index contributed by atoms with van der Waals surface area (Å²) in [5.41, 5.74) is 0.488. The molecule has 1 fully saturated rings. The molecular formula is C15H10BrFN2O2S. The number of nitrogens with zero attached hydrogens (tertiary/aromatic N) is 1. The summed E-state index contributed by atoms with van der Waals surface area (Å²) in [5.74, 6) is -0.902. The molecule has 0 bridgehead atoms. The van der Waals surface area contributed by atoms with Crippen LogP contribution in [0, 0.1) is 5.82 Å². The van der Waals surface area contributed by atoms with Gasteiger partial charge >= 0.3 is 6.03 Å². The van der Waals surface area contributed by atoms with Crippen LogP contribution in [0.3, 0.4) is 0 Å². The van der Waals surface area contributed by atoms with Crippen LogP contribution in [0.5, 0.6) is 0 Å². The third-order valence-electron chi connectivity index (χ3n) is 3.12. The maximum absolute atomic E-state index is 13.7. The van der Waals surface area contributed by atoms with E-state index in [9.17, 15) is 14.0 Å². The number of carbonyl (C=O) groups is 2. The molecule has 1 aliphatic heterocycles. The van der Waals surface area contributed by atoms with Crippen molar-refractivity contribution in [3.63, 3.8) is 0 Å². The van der Waals surface area contributed by atoms with Gasteiger partial charge in [0, 0.05) is 20.3 Å². The van der Waals surface area contributed by atoms with Gasteiger partial charge in [0.05, 0.1) is 6.54 Å². The maximum atomic E-state index is 13.7. The van der Waals surface area contributed by atoms with Gasteiger partial charge in [0.2, 0.25) is 0 Å². The van der Waals surface area contributed by atoms with E-state index < -0.39 is 17.8 Å². The summed E-state index contributed by atoms with van der Waals surface area (Å²) in [7, 11) is 0. The van der Waals surface area contributed by atoms with Crippen LogP contribution in [-0.2, 0) is 11.3 Å². The lowest BCUT2D eigenvalue weighted by atomic mass is 10.2. The summed E-state index contributed by atoms with van der Waals surface area (Å²) in [5, 5.41) is 4.40. The van der Waals surface area contributed by atoms with Crippen LogP contribution >= 0.6 is 27.3 Å². The summed E-state index contributed by atoms with van der Waals surface area (Å²) in [6.45, 7) is -0.0944. The molecular weight excluding hydrogens is 371 g/mol. The smallest absolute Gasteiger partial charge is 0.303 e. The highest BCUT2D eigenvalue weighted by molar-refractivity contribution is 9.10. The Bertz CT molecular complexity index is 787. The first kappa shape index (κ1) is 14.9. The molecule has 4 nitrogen and oxygen atoms in total. The lowest BCUT2D eigenvalue weighted by molar-refractivity contribution is -0.123. The minimum Gasteiger partial charge on any atom is -0.303 e. The summed E-state index contributed by atoms with van der Waals surface area (Å²) in [6.07, 6.45) is 1.61. The third kappa shape index (κ3) is 2.95. The van der Waals surface area contributed by atoms with E-state index in [1.165, 1.54) is 17.4 Å². The fraction of sp³-hybridized carbons (Fsp3) is 0.0667. The molecule has 1 aromatic heterocycles. The molecule has 22 heavy (non-hydrogen) atoms. The van der Waals surface area contributed by atoms with Crippen LogP contribution in [0.1, 0.15) is 10.4 Å². The van der Waals surface area contributed by atoms with E-state index in [4.69, 9.17) is 0 Å². The average molecular weight is 381 g/mol. The van der Waals surface area contributed by atoms with Gasteiger partial charge in [-0.3, -0.25) is 9.69 Å². The molecule has 0 saturated carbocycles. The fourth-order valence-electron chi connectivity index (χ4n) is 2.06. The molecule has 0 radical (unpaired) electrons. The molecule has 0 aliphatic carbocycles. The van der Waals surface area contributed by atoms with Gasteiger partial charge in [0.1, 0.15) is 11.5 Å². The Kier molecular flexibility index (Phi) is 4.08. The van der Waals surface area contributed by atoms with E-state index in [-0.39, 0.29) is 12.2 Å². The highest BCUT2D eigenvalue weighted by Crippen LogP contribution is 2.24. The van der Waals surface area contributed by atoms with Crippen LogP contribution in [0.2, 0.25) is 0 Å². The SMILES string of the molecule is O=C1NC(=Cc2cc(Br)cs2)C(=O)N1Cc1ccccc1F. The molecule has 0 unspecified atom stereocenters. The minimum absolute atomic E-state index is 0.0944. The molecule has 0 atom stereocenters. The number of amides is 3. The fourth-order valence-corrected chi connectivity index (χ4v) is 3.43. The number of rotatable bonds is 3. The number of carbonyl (C=O) groups excluding carboxylic acids is 2. The molecule has 1 aliphatic rings. The van der Waals surface area contributed by atoms with E-state index >= 15 is 0 Å². The van der Waals surface area contributed by atoms with Crippen molar-refractivity contribution in [1.82, 2.24) is 10.2 Å². The Morgan fingerprint density at radius 3 is 2.77 bits per heavy atom. The molecule has 2 heterocycles. The number of hydrogen-bond acceptors (Lipinski definition) is 3. The van der Waals surface area contributed by atoms with Gasteiger partial charge in [-0.2, -0.15) is 0 Å². The van der Waals surface area contributed by atoms with Crippen LogP contribution in [0.15, 0.2) is 45.9 Å². The van der Waals surface area contributed by atoms with Crippen molar-refractivity contribution < 1.29 is 14.0 Å². The van der Waals surface area contributed by atoms with Crippen molar-refractivity contribution >= 4 is 45.3 Å². The molecule has 112 valence electrons. The molecule has 3 rings (SSSR count). The van der Waals surface area contributed by atoms with Gasteiger partial charge in [-0.25, -0.2) is 9.18 Å². The largest absolute Gasteiger partial charge is 0.329 e. The van der Waals surface area contributed by atoms with E-state index in [0.717, 1.165) is 14.2 Å². The summed E-state index contributed by atoms with van der Waals surface area (Å²) < 4.78 is 14.6. The first-order chi connectivity index (χ1) is 10.5. The van der Waals surface area contributed by atoms with Gasteiger partial charge < -0.3 is 5.32 Å². The van der Waals surface area contributed by atoms with E-state index in [2.05, 4.69) is 21.2 Å². The number of thiophene rings is 1.